The molecule has 0 radical (unpaired) electrons. The van der Waals surface area contributed by atoms with E-state index in [2.05, 4.69) is 31.2 Å². The minimum absolute atomic E-state index is 0.0292. The Labute approximate surface area is 96.3 Å². The lowest BCUT2D eigenvalue weighted by Gasteiger charge is -2.14. The van der Waals surface area contributed by atoms with Gasteiger partial charge in [-0.1, -0.05) is 26.8 Å². The lowest BCUT2D eigenvalue weighted by atomic mass is 9.92. The number of allylic oxidation sites excluding steroid dienone is 2. The fourth-order valence-electron chi connectivity index (χ4n) is 1.30. The third kappa shape index (κ3) is 2.51. The maximum Gasteiger partial charge on any atom is 0.212 e. The van der Waals surface area contributed by atoms with Gasteiger partial charge in [-0.15, -0.1) is 0 Å². The zero-order valence-corrected chi connectivity index (χ0v) is 10.5. The Kier molecular flexibility index (Phi) is 3.52. The number of hydrogen-bond acceptors (Lipinski definition) is 2. The fourth-order valence-corrected chi connectivity index (χ4v) is 1.30. The van der Waals surface area contributed by atoms with Gasteiger partial charge in [0.15, 0.2) is 0 Å². The van der Waals surface area contributed by atoms with Crippen LogP contribution in [0.15, 0.2) is 12.1 Å². The van der Waals surface area contributed by atoms with Gasteiger partial charge >= 0.3 is 0 Å². The molecule has 0 aliphatic rings. The molecule has 1 rings (SSSR count). The summed E-state index contributed by atoms with van der Waals surface area (Å²) in [5, 5.41) is 7.16. The van der Waals surface area contributed by atoms with E-state index in [0.29, 0.717) is 12.2 Å². The molecule has 0 fully saturated rings. The van der Waals surface area contributed by atoms with Crippen molar-refractivity contribution >= 4 is 17.9 Å². The van der Waals surface area contributed by atoms with Gasteiger partial charge in [-0.25, -0.2) is 4.68 Å². The molecular weight excluding hydrogens is 202 g/mol. The molecule has 16 heavy (non-hydrogen) atoms. The monoisotopic (exact) mass is 221 g/mol. The van der Waals surface area contributed by atoms with Crippen molar-refractivity contribution in [3.05, 3.63) is 17.8 Å². The molecule has 0 saturated heterocycles. The van der Waals surface area contributed by atoms with Gasteiger partial charge in [-0.05, 0) is 13.8 Å². The summed E-state index contributed by atoms with van der Waals surface area (Å²) in [5.41, 5.74) is 1.91. The Hall–Kier alpha value is -1.58. The summed E-state index contributed by atoms with van der Waals surface area (Å²) in [7, 11) is 0. The molecule has 1 aromatic rings. The van der Waals surface area contributed by atoms with Gasteiger partial charge < -0.3 is 5.32 Å². The molecule has 0 bridgehead atoms. The number of anilines is 1. The number of nitrogens with zero attached hydrogens (tertiary/aromatic N) is 2. The third-order valence-corrected chi connectivity index (χ3v) is 2.44. The summed E-state index contributed by atoms with van der Waals surface area (Å²) in [5.74, 6) is 0.704. The second kappa shape index (κ2) is 4.51. The number of carbonyl (C=O) groups excluding carboxylic acids is 1. The van der Waals surface area contributed by atoms with Crippen LogP contribution in [0.3, 0.4) is 0 Å². The molecule has 1 aromatic heterocycles. The Balaban J connectivity index is 3.25. The first kappa shape index (κ1) is 12.5. The van der Waals surface area contributed by atoms with Crippen molar-refractivity contribution in [1.29, 1.82) is 0 Å². The predicted molar refractivity (Wildman–Crippen MR) is 66.2 cm³/mol. The quantitative estimate of drug-likeness (QED) is 0.797. The number of aromatic nitrogens is 2. The summed E-state index contributed by atoms with van der Waals surface area (Å²) in [6.07, 6.45) is 2.62. The summed E-state index contributed by atoms with van der Waals surface area (Å²) in [6, 6.07) is 1.90. The van der Waals surface area contributed by atoms with Gasteiger partial charge in [-0.2, -0.15) is 5.10 Å². The molecule has 0 atom stereocenters. The van der Waals surface area contributed by atoms with E-state index in [9.17, 15) is 4.79 Å². The molecule has 0 spiro atoms. The normalized spacial score (nSPS) is 12.7. The molecule has 4 heteroatoms. The molecule has 88 valence electrons. The Morgan fingerprint density at radius 2 is 2.12 bits per heavy atom. The first-order valence-electron chi connectivity index (χ1n) is 5.34. The predicted octanol–water partition coefficient (Wildman–Crippen LogP) is 2.63. The summed E-state index contributed by atoms with van der Waals surface area (Å²) >= 11 is 0. The smallest absolute Gasteiger partial charge is 0.212 e. The van der Waals surface area contributed by atoms with Crippen LogP contribution in [-0.2, 0) is 10.2 Å². The second-order valence-corrected chi connectivity index (χ2v) is 4.77. The average molecular weight is 221 g/mol. The Morgan fingerprint density at radius 1 is 1.50 bits per heavy atom. The molecule has 0 saturated carbocycles. The van der Waals surface area contributed by atoms with Crippen molar-refractivity contribution in [3.8, 4) is 0 Å². The minimum Gasteiger partial charge on any atom is -0.313 e. The fraction of sp³-hybridized carbons (Fsp3) is 0.500. The molecule has 1 amide bonds. The van der Waals surface area contributed by atoms with E-state index in [-0.39, 0.29) is 5.41 Å². The van der Waals surface area contributed by atoms with Crippen LogP contribution in [0.1, 0.15) is 40.3 Å². The first-order chi connectivity index (χ1) is 7.40. The van der Waals surface area contributed by atoms with Gasteiger partial charge in [0.1, 0.15) is 5.82 Å². The van der Waals surface area contributed by atoms with Gasteiger partial charge in [0.25, 0.3) is 0 Å². The summed E-state index contributed by atoms with van der Waals surface area (Å²) in [4.78, 5) is 10.5. The van der Waals surface area contributed by atoms with Crippen LogP contribution in [0.2, 0.25) is 0 Å². The van der Waals surface area contributed by atoms with E-state index in [4.69, 9.17) is 0 Å². The van der Waals surface area contributed by atoms with Crippen LogP contribution in [0.4, 0.5) is 5.82 Å². The van der Waals surface area contributed by atoms with E-state index in [0.717, 1.165) is 11.4 Å². The highest BCUT2D eigenvalue weighted by atomic mass is 16.1. The van der Waals surface area contributed by atoms with Gasteiger partial charge in [0.2, 0.25) is 6.41 Å². The summed E-state index contributed by atoms with van der Waals surface area (Å²) in [6.45, 7) is 10.2. The van der Waals surface area contributed by atoms with Crippen LogP contribution < -0.4 is 5.32 Å². The van der Waals surface area contributed by atoms with Gasteiger partial charge in [0.05, 0.1) is 5.69 Å². The van der Waals surface area contributed by atoms with Crippen molar-refractivity contribution in [3.63, 3.8) is 0 Å². The molecule has 1 heterocycles. The van der Waals surface area contributed by atoms with Crippen molar-refractivity contribution in [2.24, 2.45) is 0 Å². The average Bonchev–Trinajstić information content (AvgIpc) is 2.61. The standard InChI is InChI=1S/C12H19N3O/c1-6-9(2)15-11(13-8-16)7-10(14-15)12(3,4)5/h6-8H,1-5H3,(H,13,16)/b9-6+. The third-order valence-electron chi connectivity index (χ3n) is 2.44. The number of carbonyl (C=O) groups is 1. The number of hydrogen-bond donors (Lipinski definition) is 1. The molecule has 1 N–H and O–H groups in total. The second-order valence-electron chi connectivity index (χ2n) is 4.77. The van der Waals surface area contributed by atoms with E-state index in [1.807, 2.05) is 26.0 Å². The Bertz CT molecular complexity index is 410. The largest absolute Gasteiger partial charge is 0.313 e. The molecule has 4 nitrogen and oxygen atoms in total. The number of nitrogens with one attached hydrogen (secondary N) is 1. The molecule has 0 unspecified atom stereocenters. The van der Waals surface area contributed by atoms with Gasteiger partial charge in [0, 0.05) is 17.2 Å². The SMILES string of the molecule is C/C=C(\C)n1nc(C(C)(C)C)cc1NC=O. The maximum absolute atomic E-state index is 10.5. The van der Waals surface area contributed by atoms with E-state index < -0.39 is 0 Å². The lowest BCUT2D eigenvalue weighted by Crippen LogP contribution is -2.12. The zero-order valence-electron chi connectivity index (χ0n) is 10.5. The van der Waals surface area contributed by atoms with Crippen LogP contribution >= 0.6 is 0 Å². The molecule has 0 aliphatic heterocycles. The van der Waals surface area contributed by atoms with E-state index >= 15 is 0 Å². The first-order valence-corrected chi connectivity index (χ1v) is 5.34. The van der Waals surface area contributed by atoms with Crippen LogP contribution in [0, 0.1) is 0 Å². The highest BCUT2D eigenvalue weighted by molar-refractivity contribution is 5.71. The number of amides is 1. The maximum atomic E-state index is 10.5. The van der Waals surface area contributed by atoms with Crippen molar-refractivity contribution in [2.75, 3.05) is 5.32 Å². The van der Waals surface area contributed by atoms with Crippen molar-refractivity contribution in [1.82, 2.24) is 9.78 Å². The zero-order chi connectivity index (χ0) is 12.3. The lowest BCUT2D eigenvalue weighted by molar-refractivity contribution is -0.105. The topological polar surface area (TPSA) is 46.9 Å². The number of rotatable bonds is 3. The summed E-state index contributed by atoms with van der Waals surface area (Å²) < 4.78 is 1.75. The van der Waals surface area contributed by atoms with Crippen LogP contribution in [-0.4, -0.2) is 16.2 Å². The van der Waals surface area contributed by atoms with Crippen molar-refractivity contribution in [2.45, 2.75) is 40.0 Å². The minimum atomic E-state index is -0.0292. The molecule has 0 aromatic carbocycles. The van der Waals surface area contributed by atoms with Crippen LogP contribution in [0.25, 0.3) is 5.70 Å². The Morgan fingerprint density at radius 3 is 2.56 bits per heavy atom. The molecular formula is C12H19N3O. The molecule has 0 aliphatic carbocycles. The van der Waals surface area contributed by atoms with E-state index in [1.165, 1.54) is 0 Å². The van der Waals surface area contributed by atoms with Crippen LogP contribution in [0.5, 0.6) is 0 Å². The highest BCUT2D eigenvalue weighted by Crippen LogP contribution is 2.25. The van der Waals surface area contributed by atoms with Crippen molar-refractivity contribution < 1.29 is 4.79 Å². The van der Waals surface area contributed by atoms with E-state index in [1.54, 1.807) is 4.68 Å². The highest BCUT2D eigenvalue weighted by Gasteiger charge is 2.20. The van der Waals surface area contributed by atoms with Gasteiger partial charge in [-0.3, -0.25) is 4.79 Å².